The molecule has 0 radical (unpaired) electrons. The van der Waals surface area contributed by atoms with Crippen LogP contribution in [-0.4, -0.2) is 46.1 Å². The van der Waals surface area contributed by atoms with Crippen molar-refractivity contribution in [2.75, 3.05) is 24.0 Å². The number of aromatic nitrogens is 2. The molecule has 0 bridgehead atoms. The molecule has 100 valence electrons. The molecule has 0 aliphatic heterocycles. The summed E-state index contributed by atoms with van der Waals surface area (Å²) in [6.07, 6.45) is 3.08. The molecule has 0 amide bonds. The van der Waals surface area contributed by atoms with Gasteiger partial charge >= 0.3 is 5.97 Å². The predicted octanol–water partition coefficient (Wildman–Crippen LogP) is 2.06. The lowest BCUT2D eigenvalue weighted by molar-refractivity contribution is 0.0690. The molecule has 1 N–H and O–H groups in total. The Hall–Kier alpha value is -1.30. The van der Waals surface area contributed by atoms with Gasteiger partial charge in [0.1, 0.15) is 0 Å². The van der Waals surface area contributed by atoms with Gasteiger partial charge < -0.3 is 10.0 Å². The summed E-state index contributed by atoms with van der Waals surface area (Å²) in [6, 6.07) is 1.76. The first kappa shape index (κ1) is 14.8. The maximum Gasteiger partial charge on any atom is 0.354 e. The molecule has 0 spiro atoms. The molecule has 1 rings (SSSR count). The van der Waals surface area contributed by atoms with E-state index in [1.807, 2.05) is 11.9 Å². The average Bonchev–Trinajstić information content (AvgIpc) is 2.34. The molecule has 0 saturated heterocycles. The van der Waals surface area contributed by atoms with E-state index in [1.165, 1.54) is 6.07 Å². The van der Waals surface area contributed by atoms with Gasteiger partial charge in [-0.1, -0.05) is 0 Å². The van der Waals surface area contributed by atoms with Crippen LogP contribution in [0.4, 0.5) is 5.95 Å². The smallest absolute Gasteiger partial charge is 0.354 e. The number of hydrogen-bond donors (Lipinski definition) is 1. The summed E-state index contributed by atoms with van der Waals surface area (Å²) in [4.78, 5) is 21.2. The van der Waals surface area contributed by atoms with Gasteiger partial charge in [0.25, 0.3) is 0 Å². The highest BCUT2D eigenvalue weighted by Crippen LogP contribution is 2.14. The molecule has 1 unspecified atom stereocenters. The molecule has 1 atom stereocenters. The van der Waals surface area contributed by atoms with Crippen LogP contribution >= 0.6 is 11.8 Å². The van der Waals surface area contributed by atoms with Crippen LogP contribution in [0.1, 0.15) is 29.5 Å². The maximum atomic E-state index is 11.0. The van der Waals surface area contributed by atoms with Crippen molar-refractivity contribution in [1.29, 1.82) is 0 Å². The number of hydrogen-bond acceptors (Lipinski definition) is 5. The minimum Gasteiger partial charge on any atom is -0.477 e. The Balaban J connectivity index is 2.91. The number of carbonyl (C=O) groups is 1. The highest BCUT2D eigenvalue weighted by molar-refractivity contribution is 7.98. The fraction of sp³-hybridized carbons (Fsp3) is 0.583. The topological polar surface area (TPSA) is 66.3 Å². The molecule has 1 aromatic heterocycles. The zero-order valence-corrected chi connectivity index (χ0v) is 12.0. The van der Waals surface area contributed by atoms with Crippen molar-refractivity contribution < 1.29 is 9.90 Å². The Labute approximate surface area is 112 Å². The van der Waals surface area contributed by atoms with Gasteiger partial charge in [-0.3, -0.25) is 0 Å². The van der Waals surface area contributed by atoms with Crippen LogP contribution in [0.3, 0.4) is 0 Å². The van der Waals surface area contributed by atoms with Gasteiger partial charge in [-0.15, -0.1) is 0 Å². The number of carboxylic acids is 1. The van der Waals surface area contributed by atoms with Crippen molar-refractivity contribution in [3.63, 3.8) is 0 Å². The van der Waals surface area contributed by atoms with Gasteiger partial charge in [-0.05, 0) is 38.3 Å². The van der Waals surface area contributed by atoms with Crippen molar-refractivity contribution in [1.82, 2.24) is 9.97 Å². The van der Waals surface area contributed by atoms with Crippen molar-refractivity contribution in [2.45, 2.75) is 26.3 Å². The second-order valence-electron chi connectivity index (χ2n) is 4.24. The zero-order valence-electron chi connectivity index (χ0n) is 11.2. The SMILES string of the molecule is CSCCC(C)N(C)c1nc(C)cc(C(=O)O)n1. The number of anilines is 1. The van der Waals surface area contributed by atoms with E-state index in [1.54, 1.807) is 18.7 Å². The molecule has 0 aliphatic carbocycles. The van der Waals surface area contributed by atoms with E-state index in [0.717, 1.165) is 12.2 Å². The van der Waals surface area contributed by atoms with Gasteiger partial charge in [0, 0.05) is 18.8 Å². The summed E-state index contributed by atoms with van der Waals surface area (Å²) in [7, 11) is 1.89. The summed E-state index contributed by atoms with van der Waals surface area (Å²) >= 11 is 1.79. The van der Waals surface area contributed by atoms with Crippen LogP contribution in [0.15, 0.2) is 6.07 Å². The number of nitrogens with zero attached hydrogens (tertiary/aromatic N) is 3. The van der Waals surface area contributed by atoms with Gasteiger partial charge in [-0.25, -0.2) is 14.8 Å². The van der Waals surface area contributed by atoms with Crippen molar-refractivity contribution in [3.8, 4) is 0 Å². The summed E-state index contributed by atoms with van der Waals surface area (Å²) < 4.78 is 0. The second-order valence-corrected chi connectivity index (χ2v) is 5.23. The zero-order chi connectivity index (χ0) is 13.7. The Morgan fingerprint density at radius 3 is 2.78 bits per heavy atom. The van der Waals surface area contributed by atoms with Crippen LogP contribution in [-0.2, 0) is 0 Å². The molecule has 0 fully saturated rings. The summed E-state index contributed by atoms with van der Waals surface area (Å²) in [5.74, 6) is 0.510. The summed E-state index contributed by atoms with van der Waals surface area (Å²) in [5.41, 5.74) is 0.711. The van der Waals surface area contributed by atoms with Crippen LogP contribution in [0, 0.1) is 6.92 Å². The molecular weight excluding hydrogens is 250 g/mol. The lowest BCUT2D eigenvalue weighted by Crippen LogP contribution is -2.31. The van der Waals surface area contributed by atoms with Gasteiger partial charge in [0.05, 0.1) is 0 Å². The van der Waals surface area contributed by atoms with E-state index in [9.17, 15) is 4.79 Å². The summed E-state index contributed by atoms with van der Waals surface area (Å²) in [5, 5.41) is 8.98. The quantitative estimate of drug-likeness (QED) is 0.852. The fourth-order valence-corrected chi connectivity index (χ4v) is 2.08. The third kappa shape index (κ3) is 3.87. The van der Waals surface area contributed by atoms with Crippen LogP contribution in [0.25, 0.3) is 0 Å². The van der Waals surface area contributed by atoms with E-state index >= 15 is 0 Å². The number of rotatable bonds is 6. The Morgan fingerprint density at radius 1 is 1.56 bits per heavy atom. The minimum atomic E-state index is -1.02. The van der Waals surface area contributed by atoms with Crippen molar-refractivity contribution in [3.05, 3.63) is 17.5 Å². The summed E-state index contributed by atoms with van der Waals surface area (Å²) in [6.45, 7) is 3.86. The lowest BCUT2D eigenvalue weighted by Gasteiger charge is -2.25. The van der Waals surface area contributed by atoms with Crippen molar-refractivity contribution in [2.24, 2.45) is 0 Å². The van der Waals surface area contributed by atoms with Gasteiger partial charge in [0.2, 0.25) is 5.95 Å². The van der Waals surface area contributed by atoms with E-state index in [0.29, 0.717) is 11.6 Å². The number of thioether (sulfide) groups is 1. The average molecular weight is 269 g/mol. The second kappa shape index (κ2) is 6.58. The first-order chi connectivity index (χ1) is 8.45. The van der Waals surface area contributed by atoms with Gasteiger partial charge in [0.15, 0.2) is 5.69 Å². The molecule has 6 heteroatoms. The largest absolute Gasteiger partial charge is 0.477 e. The van der Waals surface area contributed by atoms with Crippen LogP contribution < -0.4 is 4.90 Å². The number of aryl methyl sites for hydroxylation is 1. The fourth-order valence-electron chi connectivity index (χ4n) is 1.50. The molecule has 1 aromatic rings. The van der Waals surface area contributed by atoms with E-state index < -0.39 is 5.97 Å². The Bertz CT molecular complexity index is 426. The first-order valence-electron chi connectivity index (χ1n) is 5.76. The Kier molecular flexibility index (Phi) is 5.40. The van der Waals surface area contributed by atoms with E-state index in [2.05, 4.69) is 23.1 Å². The standard InChI is InChI=1S/C12H19N3O2S/c1-8-7-10(11(16)17)14-12(13-8)15(3)9(2)5-6-18-4/h7,9H,5-6H2,1-4H3,(H,16,17). The van der Waals surface area contributed by atoms with E-state index in [4.69, 9.17) is 5.11 Å². The molecule has 1 heterocycles. The molecule has 18 heavy (non-hydrogen) atoms. The number of carboxylic acid groups (broad SMARTS) is 1. The Morgan fingerprint density at radius 2 is 2.22 bits per heavy atom. The van der Waals surface area contributed by atoms with E-state index in [-0.39, 0.29) is 11.7 Å². The highest BCUT2D eigenvalue weighted by Gasteiger charge is 2.15. The predicted molar refractivity (Wildman–Crippen MR) is 74.6 cm³/mol. The minimum absolute atomic E-state index is 0.0430. The molecule has 0 aliphatic rings. The van der Waals surface area contributed by atoms with Crippen LogP contribution in [0.5, 0.6) is 0 Å². The maximum absolute atomic E-state index is 11.0. The van der Waals surface area contributed by atoms with Crippen LogP contribution in [0.2, 0.25) is 0 Å². The monoisotopic (exact) mass is 269 g/mol. The third-order valence-electron chi connectivity index (χ3n) is 2.78. The normalized spacial score (nSPS) is 12.2. The molecular formula is C12H19N3O2S. The molecule has 5 nitrogen and oxygen atoms in total. The van der Waals surface area contributed by atoms with Crippen molar-refractivity contribution >= 4 is 23.7 Å². The first-order valence-corrected chi connectivity index (χ1v) is 7.15. The number of aromatic carboxylic acids is 1. The third-order valence-corrected chi connectivity index (χ3v) is 3.42. The molecule has 0 saturated carbocycles. The van der Waals surface area contributed by atoms with Gasteiger partial charge in [-0.2, -0.15) is 11.8 Å². The molecule has 0 aromatic carbocycles. The lowest BCUT2D eigenvalue weighted by atomic mass is 10.2. The highest BCUT2D eigenvalue weighted by atomic mass is 32.2.